The zero-order valence-corrected chi connectivity index (χ0v) is 16.3. The third kappa shape index (κ3) is 2.37. The average molecular weight is 425 g/mol. The Kier molecular flexibility index (Phi) is 4.00. The zero-order valence-electron chi connectivity index (χ0n) is 15.6. The van der Waals surface area contributed by atoms with E-state index in [1.165, 1.54) is 0 Å². The molecule has 0 aliphatic carbocycles. The van der Waals surface area contributed by atoms with Gasteiger partial charge in [-0.2, -0.15) is 0 Å². The minimum absolute atomic E-state index is 0.175. The number of anilines is 2. The van der Waals surface area contributed by atoms with Gasteiger partial charge in [0.15, 0.2) is 0 Å². The molecular weight excluding hydrogens is 408 g/mol. The van der Waals surface area contributed by atoms with Crippen molar-refractivity contribution in [2.75, 3.05) is 10.2 Å². The fraction of sp³-hybridized carbons (Fsp3) is 0.238. The van der Waals surface area contributed by atoms with Crippen molar-refractivity contribution in [2.24, 2.45) is 17.6 Å². The van der Waals surface area contributed by atoms with E-state index in [4.69, 9.17) is 17.3 Å². The molecule has 0 aromatic heterocycles. The van der Waals surface area contributed by atoms with Crippen molar-refractivity contribution >= 4 is 46.6 Å². The molecule has 4 atom stereocenters. The van der Waals surface area contributed by atoms with Crippen LogP contribution >= 0.6 is 11.6 Å². The van der Waals surface area contributed by atoms with E-state index < -0.39 is 47.0 Å². The summed E-state index contributed by atoms with van der Waals surface area (Å²) < 4.78 is 0. The average Bonchev–Trinajstić information content (AvgIpc) is 3.27. The molecule has 0 radical (unpaired) electrons. The Morgan fingerprint density at radius 3 is 2.47 bits per heavy atom. The zero-order chi connectivity index (χ0) is 21.2. The number of carbonyl (C=O) groups is 4. The van der Waals surface area contributed by atoms with Gasteiger partial charge in [-0.05, 0) is 30.3 Å². The molecule has 0 bridgehead atoms. The van der Waals surface area contributed by atoms with Crippen LogP contribution in [0, 0.1) is 11.8 Å². The van der Waals surface area contributed by atoms with Crippen molar-refractivity contribution in [3.63, 3.8) is 0 Å². The third-order valence-corrected chi connectivity index (χ3v) is 6.38. The van der Waals surface area contributed by atoms with Crippen LogP contribution in [0.3, 0.4) is 0 Å². The number of nitrogens with zero attached hydrogens (tertiary/aromatic N) is 1. The van der Waals surface area contributed by atoms with Gasteiger partial charge in [0.2, 0.25) is 23.6 Å². The number of nitrogens with one attached hydrogen (secondary N) is 2. The number of rotatable bonds is 3. The Balaban J connectivity index is 1.67. The summed E-state index contributed by atoms with van der Waals surface area (Å²) >= 11 is 5.94. The van der Waals surface area contributed by atoms with Crippen molar-refractivity contribution in [1.29, 1.82) is 0 Å². The number of primary amides is 1. The number of para-hydroxylation sites is 1. The first-order valence-corrected chi connectivity index (χ1v) is 9.82. The van der Waals surface area contributed by atoms with Crippen molar-refractivity contribution < 1.29 is 19.2 Å². The maximum Gasteiger partial charge on any atom is 0.250 e. The lowest BCUT2D eigenvalue weighted by atomic mass is 9.76. The van der Waals surface area contributed by atoms with Crippen LogP contribution in [-0.4, -0.2) is 29.7 Å². The highest BCUT2D eigenvalue weighted by Crippen LogP contribution is 2.53. The molecule has 4 amide bonds. The molecule has 1 spiro atoms. The molecular formula is C21H17ClN4O4. The Labute approximate surface area is 176 Å². The Morgan fingerprint density at radius 1 is 1.07 bits per heavy atom. The molecule has 30 heavy (non-hydrogen) atoms. The first-order chi connectivity index (χ1) is 14.3. The molecule has 152 valence electrons. The lowest BCUT2D eigenvalue weighted by Gasteiger charge is -2.29. The topological polar surface area (TPSA) is 122 Å². The fourth-order valence-corrected chi connectivity index (χ4v) is 5.12. The van der Waals surface area contributed by atoms with Gasteiger partial charge in [0.05, 0.1) is 17.5 Å². The van der Waals surface area contributed by atoms with Crippen LogP contribution in [0.25, 0.3) is 0 Å². The van der Waals surface area contributed by atoms with Crippen LogP contribution in [0.1, 0.15) is 12.0 Å². The second-order valence-electron chi connectivity index (χ2n) is 7.72. The molecule has 0 saturated carbocycles. The van der Waals surface area contributed by atoms with Gasteiger partial charge in [-0.15, -0.1) is 0 Å². The molecule has 2 aromatic rings. The highest BCUT2D eigenvalue weighted by molar-refractivity contribution is 6.31. The monoisotopic (exact) mass is 424 g/mol. The van der Waals surface area contributed by atoms with E-state index in [9.17, 15) is 19.2 Å². The number of benzene rings is 2. The number of fused-ring (bicyclic) bond motifs is 4. The van der Waals surface area contributed by atoms with Crippen LogP contribution in [0.5, 0.6) is 0 Å². The summed E-state index contributed by atoms with van der Waals surface area (Å²) in [6.07, 6.45) is -0.175. The van der Waals surface area contributed by atoms with Crippen LogP contribution in [0.4, 0.5) is 11.4 Å². The standard InChI is InChI=1S/C21H17ClN4O4/c22-10-5-7-11(8-6-10)26-18(28)16-14(9-15(23)27)25-21(17(16)19(26)29)12-3-1-2-4-13(12)24-20(21)30/h1-8,14,16-17,25H,9H2,(H2,23,27)(H,24,30)/t14-,16+,17+,21-/m0/s1. The van der Waals surface area contributed by atoms with Gasteiger partial charge in [-0.25, -0.2) is 4.90 Å². The lowest BCUT2D eigenvalue weighted by molar-refractivity contribution is -0.130. The van der Waals surface area contributed by atoms with Crippen molar-refractivity contribution in [3.8, 4) is 0 Å². The quantitative estimate of drug-likeness (QED) is 0.638. The predicted molar refractivity (Wildman–Crippen MR) is 108 cm³/mol. The summed E-state index contributed by atoms with van der Waals surface area (Å²) in [7, 11) is 0. The number of hydrogen-bond acceptors (Lipinski definition) is 5. The maximum absolute atomic E-state index is 13.6. The third-order valence-electron chi connectivity index (χ3n) is 6.13. The van der Waals surface area contributed by atoms with E-state index in [1.807, 2.05) is 0 Å². The van der Waals surface area contributed by atoms with Crippen molar-refractivity contribution in [2.45, 2.75) is 18.0 Å². The molecule has 8 nitrogen and oxygen atoms in total. The fourth-order valence-electron chi connectivity index (χ4n) is 4.99. The Bertz CT molecular complexity index is 1120. The van der Waals surface area contributed by atoms with Crippen LogP contribution in [-0.2, 0) is 24.7 Å². The number of carbonyl (C=O) groups excluding carboxylic acids is 4. The summed E-state index contributed by atoms with van der Waals surface area (Å²) in [6.45, 7) is 0. The highest BCUT2D eigenvalue weighted by atomic mass is 35.5. The van der Waals surface area contributed by atoms with Gasteiger partial charge in [0.1, 0.15) is 5.54 Å². The second-order valence-corrected chi connectivity index (χ2v) is 8.16. The molecule has 3 heterocycles. The lowest BCUT2D eigenvalue weighted by Crippen LogP contribution is -2.53. The van der Waals surface area contributed by atoms with E-state index in [-0.39, 0.29) is 6.42 Å². The molecule has 5 rings (SSSR count). The first kappa shape index (κ1) is 18.8. The number of imide groups is 1. The van der Waals surface area contributed by atoms with Crippen LogP contribution in [0.2, 0.25) is 5.02 Å². The smallest absolute Gasteiger partial charge is 0.250 e. The van der Waals surface area contributed by atoms with E-state index in [1.54, 1.807) is 48.5 Å². The van der Waals surface area contributed by atoms with Crippen LogP contribution < -0.4 is 21.3 Å². The summed E-state index contributed by atoms with van der Waals surface area (Å²) in [5, 5.41) is 6.41. The summed E-state index contributed by atoms with van der Waals surface area (Å²) in [5.41, 5.74) is 5.47. The maximum atomic E-state index is 13.6. The Hall–Kier alpha value is -3.23. The van der Waals surface area contributed by atoms with Gasteiger partial charge in [-0.3, -0.25) is 24.5 Å². The number of amides is 4. The number of hydrogen-bond donors (Lipinski definition) is 3. The van der Waals surface area contributed by atoms with E-state index in [0.717, 1.165) is 4.90 Å². The predicted octanol–water partition coefficient (Wildman–Crippen LogP) is 1.14. The SMILES string of the molecule is NC(=O)C[C@@H]1N[C@]2(C(=O)Nc3ccccc32)[C@H]2C(=O)N(c3ccc(Cl)cc3)C(=O)[C@H]12. The van der Waals surface area contributed by atoms with Gasteiger partial charge >= 0.3 is 0 Å². The number of halogens is 1. The summed E-state index contributed by atoms with van der Waals surface area (Å²) in [6, 6.07) is 12.6. The molecule has 2 aromatic carbocycles. The molecule has 4 N–H and O–H groups in total. The normalized spacial score (nSPS) is 29.3. The van der Waals surface area contributed by atoms with Gasteiger partial charge in [-0.1, -0.05) is 29.8 Å². The van der Waals surface area contributed by atoms with Gasteiger partial charge in [0, 0.05) is 28.7 Å². The first-order valence-electron chi connectivity index (χ1n) is 9.45. The Morgan fingerprint density at radius 2 is 1.77 bits per heavy atom. The van der Waals surface area contributed by atoms with Crippen LogP contribution in [0.15, 0.2) is 48.5 Å². The largest absolute Gasteiger partial charge is 0.370 e. The van der Waals surface area contributed by atoms with Crippen molar-refractivity contribution in [1.82, 2.24) is 5.32 Å². The highest BCUT2D eigenvalue weighted by Gasteiger charge is 2.70. The minimum Gasteiger partial charge on any atom is -0.370 e. The van der Waals surface area contributed by atoms with Gasteiger partial charge < -0.3 is 11.1 Å². The molecule has 9 heteroatoms. The number of nitrogens with two attached hydrogens (primary N) is 1. The molecule has 2 saturated heterocycles. The molecule has 3 aliphatic heterocycles. The van der Waals surface area contributed by atoms with E-state index >= 15 is 0 Å². The molecule has 3 aliphatic rings. The summed E-state index contributed by atoms with van der Waals surface area (Å²) in [5.74, 6) is -3.94. The second kappa shape index (κ2) is 6.38. The van der Waals surface area contributed by atoms with E-state index in [0.29, 0.717) is 22.0 Å². The molecule has 0 unspecified atom stereocenters. The van der Waals surface area contributed by atoms with Crippen molar-refractivity contribution in [3.05, 3.63) is 59.1 Å². The molecule has 2 fully saturated rings. The summed E-state index contributed by atoms with van der Waals surface area (Å²) in [4.78, 5) is 52.9. The van der Waals surface area contributed by atoms with Gasteiger partial charge in [0.25, 0.3) is 0 Å². The minimum atomic E-state index is -1.45. The van der Waals surface area contributed by atoms with E-state index in [2.05, 4.69) is 10.6 Å².